The monoisotopic (exact) mass is 299 g/mol. The van der Waals surface area contributed by atoms with Crippen molar-refractivity contribution in [3.63, 3.8) is 0 Å². The van der Waals surface area contributed by atoms with Crippen molar-refractivity contribution < 1.29 is 4.74 Å². The molecule has 0 saturated heterocycles. The lowest BCUT2D eigenvalue weighted by Crippen LogP contribution is -2.01. The Morgan fingerprint density at radius 2 is 1.76 bits per heavy atom. The molecule has 0 saturated carbocycles. The van der Waals surface area contributed by atoms with E-state index in [4.69, 9.17) is 4.74 Å². The van der Waals surface area contributed by atoms with Crippen LogP contribution in [0.2, 0.25) is 0 Å². The highest BCUT2D eigenvalue weighted by Gasteiger charge is 2.01. The van der Waals surface area contributed by atoms with Crippen LogP contribution in [0.5, 0.6) is 5.75 Å². The van der Waals surface area contributed by atoms with E-state index in [-0.39, 0.29) is 0 Å². The van der Waals surface area contributed by atoms with Gasteiger partial charge in [-0.15, -0.1) is 11.3 Å². The number of hydrogen-bond donors (Lipinski definition) is 1. The van der Waals surface area contributed by atoms with Gasteiger partial charge in [0.1, 0.15) is 12.4 Å². The van der Waals surface area contributed by atoms with Gasteiger partial charge in [-0.1, -0.05) is 49.4 Å². The third kappa shape index (κ3) is 4.59. The van der Waals surface area contributed by atoms with Crippen molar-refractivity contribution in [2.24, 2.45) is 0 Å². The zero-order valence-corrected chi connectivity index (χ0v) is 13.3. The zero-order valence-electron chi connectivity index (χ0n) is 12.5. The van der Waals surface area contributed by atoms with Crippen molar-refractivity contribution in [1.29, 1.82) is 0 Å². The first kappa shape index (κ1) is 15.5. The molecular formula is C18H21NOS. The van der Waals surface area contributed by atoms with Crippen LogP contribution in [0.4, 0.5) is 0 Å². The molecule has 1 N–H and O–H groups in total. The third-order valence-electron chi connectivity index (χ3n) is 3.05. The summed E-state index contributed by atoms with van der Waals surface area (Å²) < 4.78 is 5.87. The lowest BCUT2D eigenvalue weighted by Gasteiger charge is -2.08. The Morgan fingerprint density at radius 1 is 1.00 bits per heavy atom. The molecule has 2 aromatic carbocycles. The van der Waals surface area contributed by atoms with Gasteiger partial charge in [0.05, 0.1) is 0 Å². The number of fused-ring (bicyclic) bond motifs is 1. The molecule has 0 atom stereocenters. The quantitative estimate of drug-likeness (QED) is 0.753. The molecule has 1 aromatic heterocycles. The Labute approximate surface area is 130 Å². The first-order valence-corrected chi connectivity index (χ1v) is 8.00. The van der Waals surface area contributed by atoms with Crippen molar-refractivity contribution in [1.82, 2.24) is 5.32 Å². The van der Waals surface area contributed by atoms with Crippen LogP contribution in [0.1, 0.15) is 11.8 Å². The van der Waals surface area contributed by atoms with Crippen LogP contribution in [0, 0.1) is 0 Å². The molecule has 110 valence electrons. The normalized spacial score (nSPS) is 10.0. The first-order valence-electron chi connectivity index (χ1n) is 7.12. The average Bonchev–Trinajstić information content (AvgIpc) is 3.06. The van der Waals surface area contributed by atoms with Gasteiger partial charge in [-0.2, -0.15) is 0 Å². The molecule has 3 rings (SSSR count). The fourth-order valence-electron chi connectivity index (χ4n) is 1.87. The minimum absolute atomic E-state index is 0.645. The molecule has 0 unspecified atom stereocenters. The minimum Gasteiger partial charge on any atom is -0.487 e. The van der Waals surface area contributed by atoms with Crippen molar-refractivity contribution in [3.05, 3.63) is 64.9 Å². The maximum Gasteiger partial charge on any atom is 0.127 e. The van der Waals surface area contributed by atoms with Gasteiger partial charge < -0.3 is 10.1 Å². The van der Waals surface area contributed by atoms with E-state index in [9.17, 15) is 0 Å². The van der Waals surface area contributed by atoms with Crippen LogP contribution < -0.4 is 10.1 Å². The second-order valence-corrected chi connectivity index (χ2v) is 5.58. The average molecular weight is 299 g/mol. The van der Waals surface area contributed by atoms with Gasteiger partial charge in [0, 0.05) is 10.3 Å². The minimum atomic E-state index is 0.645. The second kappa shape index (κ2) is 8.45. The number of nitrogens with one attached hydrogen (secondary N) is 1. The topological polar surface area (TPSA) is 21.3 Å². The van der Waals surface area contributed by atoms with Gasteiger partial charge in [-0.25, -0.2) is 0 Å². The van der Waals surface area contributed by atoms with E-state index >= 15 is 0 Å². The van der Waals surface area contributed by atoms with E-state index in [2.05, 4.69) is 41.9 Å². The molecule has 0 spiro atoms. The smallest absolute Gasteiger partial charge is 0.127 e. The van der Waals surface area contributed by atoms with Gasteiger partial charge in [0.2, 0.25) is 0 Å². The fourth-order valence-corrected chi connectivity index (χ4v) is 2.48. The van der Waals surface area contributed by atoms with Crippen LogP contribution in [-0.2, 0) is 6.61 Å². The Hall–Kier alpha value is -1.84. The predicted octanol–water partition coefficient (Wildman–Crippen LogP) is 4.71. The molecule has 0 amide bonds. The van der Waals surface area contributed by atoms with Crippen LogP contribution in [0.25, 0.3) is 10.8 Å². The highest BCUT2D eigenvalue weighted by molar-refractivity contribution is 7.09. The predicted molar refractivity (Wildman–Crippen MR) is 92.2 cm³/mol. The summed E-state index contributed by atoms with van der Waals surface area (Å²) in [7, 11) is 1.93. The summed E-state index contributed by atoms with van der Waals surface area (Å²) in [5.41, 5.74) is 0. The van der Waals surface area contributed by atoms with Crippen molar-refractivity contribution >= 4 is 22.1 Å². The molecule has 21 heavy (non-hydrogen) atoms. The molecule has 2 nitrogen and oxygen atoms in total. The Balaban J connectivity index is 0.000000361. The lowest BCUT2D eigenvalue weighted by molar-refractivity contribution is 0.313. The van der Waals surface area contributed by atoms with Gasteiger partial charge in [0.15, 0.2) is 0 Å². The first-order chi connectivity index (χ1) is 10.3. The third-order valence-corrected chi connectivity index (χ3v) is 3.90. The molecule has 0 fully saturated rings. The van der Waals surface area contributed by atoms with E-state index < -0.39 is 0 Å². The molecule has 0 radical (unpaired) electrons. The van der Waals surface area contributed by atoms with Crippen LogP contribution >= 0.6 is 11.3 Å². The SMILES string of the molecule is CCNC.c1csc(COc2cccc3ccccc23)c1. The number of ether oxygens (including phenoxy) is 1. The summed E-state index contributed by atoms with van der Waals surface area (Å²) in [5, 5.41) is 7.39. The number of benzene rings is 2. The number of hydrogen-bond acceptors (Lipinski definition) is 3. The standard InChI is InChI=1S/C15H12OS.C3H9N/c1-2-8-14-12(5-1)6-3-9-15(14)16-11-13-7-4-10-17-13;1-3-4-2/h1-10H,11H2;4H,3H2,1-2H3. The molecule has 0 aliphatic carbocycles. The Morgan fingerprint density at radius 3 is 2.48 bits per heavy atom. The van der Waals surface area contributed by atoms with Crippen LogP contribution in [0.15, 0.2) is 60.0 Å². The highest BCUT2D eigenvalue weighted by atomic mass is 32.1. The molecule has 3 aromatic rings. The maximum absolute atomic E-state index is 5.87. The molecule has 0 bridgehead atoms. The van der Waals surface area contributed by atoms with Crippen molar-refractivity contribution in [3.8, 4) is 5.75 Å². The van der Waals surface area contributed by atoms with Crippen molar-refractivity contribution in [2.45, 2.75) is 13.5 Å². The molecule has 1 heterocycles. The molecule has 3 heteroatoms. The summed E-state index contributed by atoms with van der Waals surface area (Å²) in [4.78, 5) is 1.25. The van der Waals surface area contributed by atoms with Crippen molar-refractivity contribution in [2.75, 3.05) is 13.6 Å². The fraction of sp³-hybridized carbons (Fsp3) is 0.222. The Bertz CT molecular complexity index is 642. The zero-order chi connectivity index (χ0) is 14.9. The van der Waals surface area contributed by atoms with Gasteiger partial charge in [-0.3, -0.25) is 0 Å². The maximum atomic E-state index is 5.87. The second-order valence-electron chi connectivity index (χ2n) is 4.55. The van der Waals surface area contributed by atoms with Gasteiger partial charge in [0.25, 0.3) is 0 Å². The highest BCUT2D eigenvalue weighted by Crippen LogP contribution is 2.26. The summed E-state index contributed by atoms with van der Waals surface area (Å²) in [5.74, 6) is 0.955. The molecular weight excluding hydrogens is 278 g/mol. The van der Waals surface area contributed by atoms with Gasteiger partial charge in [-0.05, 0) is 36.5 Å². The lowest BCUT2D eigenvalue weighted by atomic mass is 10.1. The van der Waals surface area contributed by atoms with E-state index in [1.165, 1.54) is 15.6 Å². The van der Waals surface area contributed by atoms with E-state index in [0.29, 0.717) is 6.61 Å². The summed E-state index contributed by atoms with van der Waals surface area (Å²) in [6.45, 7) is 3.78. The van der Waals surface area contributed by atoms with Crippen LogP contribution in [-0.4, -0.2) is 13.6 Å². The largest absolute Gasteiger partial charge is 0.487 e. The summed E-state index contributed by atoms with van der Waals surface area (Å²) >= 11 is 1.72. The van der Waals surface area contributed by atoms with E-state index in [1.54, 1.807) is 11.3 Å². The van der Waals surface area contributed by atoms with Crippen LogP contribution in [0.3, 0.4) is 0 Å². The number of rotatable bonds is 4. The van der Waals surface area contributed by atoms with E-state index in [1.807, 2.05) is 37.4 Å². The summed E-state index contributed by atoms with van der Waals surface area (Å²) in [6, 6.07) is 18.6. The summed E-state index contributed by atoms with van der Waals surface area (Å²) in [6.07, 6.45) is 0. The van der Waals surface area contributed by atoms with Gasteiger partial charge >= 0.3 is 0 Å². The molecule has 0 aliphatic rings. The Kier molecular flexibility index (Phi) is 6.25. The number of thiophene rings is 1. The molecule has 0 aliphatic heterocycles. The van der Waals surface area contributed by atoms with E-state index in [0.717, 1.165) is 12.3 Å².